The van der Waals surface area contributed by atoms with Crippen LogP contribution in [0.15, 0.2) is 48.5 Å². The normalized spacial score (nSPS) is 11.6. The Morgan fingerprint density at radius 2 is 1.83 bits per heavy atom. The molecule has 0 spiro atoms. The van der Waals surface area contributed by atoms with Gasteiger partial charge in [-0.05, 0) is 50.6 Å². The lowest BCUT2D eigenvalue weighted by molar-refractivity contribution is -0.155. The lowest BCUT2D eigenvalue weighted by atomic mass is 10.2. The van der Waals surface area contributed by atoms with Crippen molar-refractivity contribution in [2.24, 2.45) is 0 Å². The van der Waals surface area contributed by atoms with Gasteiger partial charge in [0.25, 0.3) is 5.91 Å². The summed E-state index contributed by atoms with van der Waals surface area (Å²) in [5.41, 5.74) is 1.45. The number of hydrogen-bond acceptors (Lipinski definition) is 6. The van der Waals surface area contributed by atoms with E-state index in [1.807, 2.05) is 32.1 Å². The molecule has 0 aromatic heterocycles. The van der Waals surface area contributed by atoms with Crippen LogP contribution in [0.4, 0.5) is 5.69 Å². The minimum atomic E-state index is -1.00. The van der Waals surface area contributed by atoms with Gasteiger partial charge < -0.3 is 24.3 Å². The first-order valence-electron chi connectivity index (χ1n) is 9.64. The molecule has 30 heavy (non-hydrogen) atoms. The number of nitrogens with one attached hydrogen (secondary N) is 1. The third-order valence-electron chi connectivity index (χ3n) is 4.01. The van der Waals surface area contributed by atoms with Crippen LogP contribution < -0.4 is 19.5 Å². The first-order valence-corrected chi connectivity index (χ1v) is 9.64. The highest BCUT2D eigenvalue weighted by Crippen LogP contribution is 2.28. The van der Waals surface area contributed by atoms with E-state index >= 15 is 0 Å². The summed E-state index contributed by atoms with van der Waals surface area (Å²) in [6.07, 6.45) is 2.82. The van der Waals surface area contributed by atoms with Crippen LogP contribution in [0.2, 0.25) is 0 Å². The minimum Gasteiger partial charge on any atom is -0.493 e. The van der Waals surface area contributed by atoms with Gasteiger partial charge in [0.1, 0.15) is 5.75 Å². The lowest BCUT2D eigenvalue weighted by Gasteiger charge is -2.16. The van der Waals surface area contributed by atoms with Crippen molar-refractivity contribution in [3.05, 3.63) is 54.1 Å². The summed E-state index contributed by atoms with van der Waals surface area (Å²) >= 11 is 0. The molecular weight excluding hydrogens is 386 g/mol. The van der Waals surface area contributed by atoms with E-state index in [1.54, 1.807) is 36.4 Å². The zero-order chi connectivity index (χ0) is 21.9. The van der Waals surface area contributed by atoms with E-state index in [0.717, 1.165) is 5.56 Å². The maximum absolute atomic E-state index is 12.4. The fourth-order valence-corrected chi connectivity index (χ4v) is 2.61. The number of ether oxygens (including phenoxy) is 4. The molecule has 0 saturated heterocycles. The van der Waals surface area contributed by atoms with E-state index in [0.29, 0.717) is 29.5 Å². The Bertz CT molecular complexity index is 893. The topological polar surface area (TPSA) is 83.1 Å². The second-order valence-electron chi connectivity index (χ2n) is 6.25. The number of esters is 1. The molecular formula is C23H27NO6. The summed E-state index contributed by atoms with van der Waals surface area (Å²) in [6, 6.07) is 12.4. The number of hydrogen-bond donors (Lipinski definition) is 1. The van der Waals surface area contributed by atoms with Crippen LogP contribution in [0.5, 0.6) is 17.2 Å². The average molecular weight is 413 g/mol. The number of para-hydroxylation sites is 2. The molecule has 1 amide bonds. The van der Waals surface area contributed by atoms with Crippen molar-refractivity contribution >= 4 is 23.6 Å². The Morgan fingerprint density at radius 3 is 2.53 bits per heavy atom. The van der Waals surface area contributed by atoms with E-state index in [1.165, 1.54) is 14.0 Å². The molecule has 2 rings (SSSR count). The van der Waals surface area contributed by atoms with Gasteiger partial charge in [-0.2, -0.15) is 0 Å². The Morgan fingerprint density at radius 1 is 1.07 bits per heavy atom. The third-order valence-corrected chi connectivity index (χ3v) is 4.01. The highest BCUT2D eigenvalue weighted by Gasteiger charge is 2.20. The van der Waals surface area contributed by atoms with Crippen molar-refractivity contribution in [2.75, 3.05) is 25.6 Å². The monoisotopic (exact) mass is 413 g/mol. The zero-order valence-electron chi connectivity index (χ0n) is 17.6. The minimum absolute atomic E-state index is 0.355. The van der Waals surface area contributed by atoms with E-state index in [-0.39, 0.29) is 6.61 Å². The number of carbonyl (C=O) groups is 2. The fraction of sp³-hybridized carbons (Fsp3) is 0.304. The van der Waals surface area contributed by atoms with Crippen LogP contribution in [0.3, 0.4) is 0 Å². The number of carbonyl (C=O) groups excluding carboxylic acids is 2. The molecule has 1 atom stereocenters. The Labute approximate surface area is 176 Å². The Hall–Kier alpha value is -3.48. The van der Waals surface area contributed by atoms with Crippen molar-refractivity contribution < 1.29 is 28.5 Å². The van der Waals surface area contributed by atoms with Gasteiger partial charge in [-0.1, -0.05) is 30.4 Å². The fourth-order valence-electron chi connectivity index (χ4n) is 2.61. The molecule has 0 radical (unpaired) electrons. The van der Waals surface area contributed by atoms with Gasteiger partial charge in [-0.15, -0.1) is 0 Å². The quantitative estimate of drug-likeness (QED) is 0.591. The van der Waals surface area contributed by atoms with Crippen LogP contribution in [0.1, 0.15) is 26.3 Å². The number of amides is 1. The van der Waals surface area contributed by atoms with Crippen molar-refractivity contribution in [1.29, 1.82) is 0 Å². The lowest BCUT2D eigenvalue weighted by Crippen LogP contribution is -2.31. The first kappa shape index (κ1) is 22.8. The number of anilines is 1. The van der Waals surface area contributed by atoms with Crippen molar-refractivity contribution in [3.63, 3.8) is 0 Å². The summed E-state index contributed by atoms with van der Waals surface area (Å²) in [5, 5.41) is 2.70. The third kappa shape index (κ3) is 6.55. The van der Waals surface area contributed by atoms with E-state index in [2.05, 4.69) is 5.32 Å². The predicted molar refractivity (Wildman–Crippen MR) is 115 cm³/mol. The van der Waals surface area contributed by atoms with Crippen LogP contribution >= 0.6 is 0 Å². The molecule has 0 aliphatic heterocycles. The Kier molecular flexibility index (Phi) is 8.75. The van der Waals surface area contributed by atoms with Gasteiger partial charge in [0.2, 0.25) is 0 Å². The molecule has 1 N–H and O–H groups in total. The van der Waals surface area contributed by atoms with Crippen LogP contribution in [-0.2, 0) is 14.3 Å². The highest BCUT2D eigenvalue weighted by molar-refractivity contribution is 5.96. The molecule has 0 saturated carbocycles. The van der Waals surface area contributed by atoms with Crippen molar-refractivity contribution in [3.8, 4) is 17.2 Å². The maximum atomic E-state index is 12.4. The van der Waals surface area contributed by atoms with Gasteiger partial charge in [0.05, 0.1) is 19.4 Å². The first-order chi connectivity index (χ1) is 14.5. The predicted octanol–water partition coefficient (Wildman–Crippen LogP) is 4.08. The Balaban J connectivity index is 1.91. The summed E-state index contributed by atoms with van der Waals surface area (Å²) in [4.78, 5) is 24.5. The second-order valence-corrected chi connectivity index (χ2v) is 6.25. The average Bonchev–Trinajstić information content (AvgIpc) is 2.74. The number of allylic oxidation sites excluding steroid dienone is 1. The molecule has 7 nitrogen and oxygen atoms in total. The van der Waals surface area contributed by atoms with Gasteiger partial charge in [-0.3, -0.25) is 4.79 Å². The molecule has 2 aromatic rings. The van der Waals surface area contributed by atoms with E-state index in [4.69, 9.17) is 18.9 Å². The summed E-state index contributed by atoms with van der Waals surface area (Å²) in [7, 11) is 1.52. The summed E-state index contributed by atoms with van der Waals surface area (Å²) < 4.78 is 21.4. The molecule has 2 aromatic carbocycles. The molecule has 0 aliphatic rings. The molecule has 0 heterocycles. The second kappa shape index (κ2) is 11.5. The zero-order valence-corrected chi connectivity index (χ0v) is 17.6. The number of benzene rings is 2. The SMILES string of the molecule is C/C=C/c1ccc(OCC(=O)OC(C)C(=O)Nc2ccccc2OCC)c(OC)c1. The van der Waals surface area contributed by atoms with Gasteiger partial charge in [0, 0.05) is 0 Å². The number of rotatable bonds is 10. The summed E-state index contributed by atoms with van der Waals surface area (Å²) in [6.45, 7) is 5.37. The number of methoxy groups -OCH3 is 1. The van der Waals surface area contributed by atoms with Gasteiger partial charge in [-0.25, -0.2) is 4.79 Å². The maximum Gasteiger partial charge on any atom is 0.344 e. The highest BCUT2D eigenvalue weighted by atomic mass is 16.6. The molecule has 0 bridgehead atoms. The molecule has 0 fully saturated rings. The van der Waals surface area contributed by atoms with Crippen LogP contribution in [-0.4, -0.2) is 38.3 Å². The molecule has 7 heteroatoms. The van der Waals surface area contributed by atoms with Gasteiger partial charge in [0.15, 0.2) is 24.2 Å². The standard InChI is InChI=1S/C23H27NO6/c1-5-9-17-12-13-20(21(14-17)27-4)29-15-22(25)30-16(3)23(26)24-18-10-7-8-11-19(18)28-6-2/h5,7-14,16H,6,15H2,1-4H3,(H,24,26)/b9-5+. The smallest absolute Gasteiger partial charge is 0.344 e. The molecule has 160 valence electrons. The summed E-state index contributed by atoms with van der Waals surface area (Å²) in [5.74, 6) is 0.310. The molecule has 1 unspecified atom stereocenters. The van der Waals surface area contributed by atoms with Crippen molar-refractivity contribution in [2.45, 2.75) is 26.9 Å². The largest absolute Gasteiger partial charge is 0.493 e. The molecule has 0 aliphatic carbocycles. The van der Waals surface area contributed by atoms with Crippen molar-refractivity contribution in [1.82, 2.24) is 0 Å². The van der Waals surface area contributed by atoms with Gasteiger partial charge >= 0.3 is 5.97 Å². The van der Waals surface area contributed by atoms with E-state index in [9.17, 15) is 9.59 Å². The van der Waals surface area contributed by atoms with Crippen LogP contribution in [0.25, 0.3) is 6.08 Å². The van der Waals surface area contributed by atoms with E-state index < -0.39 is 18.0 Å². The van der Waals surface area contributed by atoms with Crippen LogP contribution in [0, 0.1) is 0 Å².